The maximum Gasteiger partial charge on any atom is 0.255 e. The van der Waals surface area contributed by atoms with Gasteiger partial charge in [0.25, 0.3) is 5.91 Å². The van der Waals surface area contributed by atoms with Crippen molar-refractivity contribution < 1.29 is 22.7 Å². The van der Waals surface area contributed by atoms with Gasteiger partial charge in [-0.05, 0) is 42.8 Å². The predicted molar refractivity (Wildman–Crippen MR) is 99.7 cm³/mol. The van der Waals surface area contributed by atoms with Crippen molar-refractivity contribution in [3.63, 3.8) is 0 Å². The van der Waals surface area contributed by atoms with Crippen LogP contribution in [0.25, 0.3) is 0 Å². The summed E-state index contributed by atoms with van der Waals surface area (Å²) in [6.07, 6.45) is 0.583. The molecule has 3 rings (SSSR count). The number of nitrogens with zero attached hydrogens (tertiary/aromatic N) is 1. The second-order valence-electron chi connectivity index (χ2n) is 5.81. The van der Waals surface area contributed by atoms with Crippen LogP contribution < -0.4 is 19.1 Å². The third kappa shape index (κ3) is 3.60. The van der Waals surface area contributed by atoms with Gasteiger partial charge in [-0.1, -0.05) is 6.07 Å². The summed E-state index contributed by atoms with van der Waals surface area (Å²) in [5, 5.41) is 2.78. The summed E-state index contributed by atoms with van der Waals surface area (Å²) in [7, 11) is -0.286. The van der Waals surface area contributed by atoms with Crippen LogP contribution in [0.2, 0.25) is 0 Å². The number of methoxy groups -OCH3 is 2. The number of anilines is 2. The van der Waals surface area contributed by atoms with Crippen molar-refractivity contribution in [2.45, 2.75) is 6.42 Å². The standard InChI is InChI=1S/C18H20N2O5S/c1-24-15-6-3-5-13(11-15)18(21)19-16-12-14(7-8-17(16)25-2)20-9-4-10-26(20,22)23/h3,5-8,11-12H,4,9-10H2,1-2H3,(H,19,21). The van der Waals surface area contributed by atoms with Gasteiger partial charge in [-0.15, -0.1) is 0 Å². The molecule has 0 atom stereocenters. The molecule has 1 aliphatic heterocycles. The molecule has 7 nitrogen and oxygen atoms in total. The van der Waals surface area contributed by atoms with Crippen LogP contribution in [-0.2, 0) is 10.0 Å². The Hall–Kier alpha value is -2.74. The highest BCUT2D eigenvalue weighted by molar-refractivity contribution is 7.93. The number of hydrogen-bond donors (Lipinski definition) is 1. The van der Waals surface area contributed by atoms with Gasteiger partial charge in [-0.3, -0.25) is 9.10 Å². The lowest BCUT2D eigenvalue weighted by Crippen LogP contribution is -2.25. The third-order valence-corrected chi connectivity index (χ3v) is 6.02. The zero-order valence-electron chi connectivity index (χ0n) is 14.6. The highest BCUT2D eigenvalue weighted by Gasteiger charge is 2.29. The Balaban J connectivity index is 1.90. The van der Waals surface area contributed by atoms with E-state index in [0.29, 0.717) is 41.4 Å². The molecular weight excluding hydrogens is 356 g/mol. The highest BCUT2D eigenvalue weighted by atomic mass is 32.2. The molecule has 2 aromatic rings. The van der Waals surface area contributed by atoms with Crippen LogP contribution in [0.15, 0.2) is 42.5 Å². The van der Waals surface area contributed by atoms with Crippen molar-refractivity contribution in [2.75, 3.05) is 36.1 Å². The summed E-state index contributed by atoms with van der Waals surface area (Å²) in [6, 6.07) is 11.7. The summed E-state index contributed by atoms with van der Waals surface area (Å²) in [5.74, 6) is 0.802. The monoisotopic (exact) mass is 376 g/mol. The number of rotatable bonds is 5. The molecule has 0 spiro atoms. The molecule has 138 valence electrons. The Bertz CT molecular complexity index is 927. The third-order valence-electron chi connectivity index (χ3n) is 4.15. The molecule has 1 amide bonds. The summed E-state index contributed by atoms with van der Waals surface area (Å²) >= 11 is 0. The van der Waals surface area contributed by atoms with E-state index in [2.05, 4.69) is 5.32 Å². The molecule has 1 N–H and O–H groups in total. The van der Waals surface area contributed by atoms with Crippen LogP contribution >= 0.6 is 0 Å². The van der Waals surface area contributed by atoms with Gasteiger partial charge in [0, 0.05) is 12.1 Å². The Labute approximate surface area is 152 Å². The van der Waals surface area contributed by atoms with E-state index in [4.69, 9.17) is 9.47 Å². The number of hydrogen-bond acceptors (Lipinski definition) is 5. The van der Waals surface area contributed by atoms with Gasteiger partial charge in [0.1, 0.15) is 11.5 Å². The fourth-order valence-corrected chi connectivity index (χ4v) is 4.39. The molecule has 1 saturated heterocycles. The first kappa shape index (κ1) is 18.1. The molecule has 0 aromatic heterocycles. The lowest BCUT2D eigenvalue weighted by molar-refractivity contribution is 0.102. The van der Waals surface area contributed by atoms with Gasteiger partial charge in [0.15, 0.2) is 0 Å². The first-order chi connectivity index (χ1) is 12.4. The Morgan fingerprint density at radius 3 is 2.58 bits per heavy atom. The number of sulfonamides is 1. The number of benzene rings is 2. The van der Waals surface area contributed by atoms with Crippen molar-refractivity contribution >= 4 is 27.3 Å². The topological polar surface area (TPSA) is 84.9 Å². The van der Waals surface area contributed by atoms with Crippen molar-refractivity contribution in [2.24, 2.45) is 0 Å². The Kier molecular flexibility index (Phi) is 5.03. The van der Waals surface area contributed by atoms with Gasteiger partial charge >= 0.3 is 0 Å². The summed E-state index contributed by atoms with van der Waals surface area (Å²) in [6.45, 7) is 0.429. The molecule has 1 fully saturated rings. The molecule has 1 heterocycles. The number of amides is 1. The predicted octanol–water partition coefficient (Wildman–Crippen LogP) is 2.50. The number of carbonyl (C=O) groups is 1. The fraction of sp³-hybridized carbons (Fsp3) is 0.278. The van der Waals surface area contributed by atoms with Crippen molar-refractivity contribution in [1.82, 2.24) is 0 Å². The molecule has 8 heteroatoms. The second kappa shape index (κ2) is 7.25. The Morgan fingerprint density at radius 1 is 1.12 bits per heavy atom. The van der Waals surface area contributed by atoms with Gasteiger partial charge in [-0.25, -0.2) is 8.42 Å². The van der Waals surface area contributed by atoms with E-state index in [1.54, 1.807) is 42.5 Å². The van der Waals surface area contributed by atoms with E-state index in [-0.39, 0.29) is 11.7 Å². The van der Waals surface area contributed by atoms with Gasteiger partial charge in [0.05, 0.1) is 31.3 Å². The van der Waals surface area contributed by atoms with Crippen LogP contribution in [0.4, 0.5) is 11.4 Å². The molecule has 2 aromatic carbocycles. The minimum absolute atomic E-state index is 0.129. The summed E-state index contributed by atoms with van der Waals surface area (Å²) < 4.78 is 36.0. The molecule has 0 saturated carbocycles. The van der Waals surface area contributed by atoms with Gasteiger partial charge in [-0.2, -0.15) is 0 Å². The second-order valence-corrected chi connectivity index (χ2v) is 7.83. The van der Waals surface area contributed by atoms with E-state index in [9.17, 15) is 13.2 Å². The average Bonchev–Trinajstić information content (AvgIpc) is 3.00. The SMILES string of the molecule is COc1cccc(C(=O)Nc2cc(N3CCCS3(=O)=O)ccc2OC)c1. The van der Waals surface area contributed by atoms with E-state index in [0.717, 1.165) is 0 Å². The van der Waals surface area contributed by atoms with E-state index >= 15 is 0 Å². The zero-order chi connectivity index (χ0) is 18.7. The fourth-order valence-electron chi connectivity index (χ4n) is 2.84. The first-order valence-corrected chi connectivity index (χ1v) is 9.69. The molecular formula is C18H20N2O5S. The lowest BCUT2D eigenvalue weighted by Gasteiger charge is -2.19. The minimum Gasteiger partial charge on any atom is -0.497 e. The molecule has 0 aliphatic carbocycles. The molecule has 0 radical (unpaired) electrons. The van der Waals surface area contributed by atoms with E-state index in [1.165, 1.54) is 18.5 Å². The van der Waals surface area contributed by atoms with Crippen molar-refractivity contribution in [1.29, 1.82) is 0 Å². The normalized spacial score (nSPS) is 15.5. The smallest absolute Gasteiger partial charge is 0.255 e. The number of carbonyl (C=O) groups excluding carboxylic acids is 1. The van der Waals surface area contributed by atoms with Crippen molar-refractivity contribution in [3.05, 3.63) is 48.0 Å². The quantitative estimate of drug-likeness (QED) is 0.867. The summed E-state index contributed by atoms with van der Waals surface area (Å²) in [4.78, 5) is 12.6. The maximum atomic E-state index is 12.6. The van der Waals surface area contributed by atoms with Gasteiger partial charge in [0.2, 0.25) is 10.0 Å². The zero-order valence-corrected chi connectivity index (χ0v) is 15.4. The first-order valence-electron chi connectivity index (χ1n) is 8.08. The minimum atomic E-state index is -3.30. The molecule has 0 bridgehead atoms. The van der Waals surface area contributed by atoms with Crippen LogP contribution in [0.1, 0.15) is 16.8 Å². The van der Waals surface area contributed by atoms with Crippen LogP contribution in [0, 0.1) is 0 Å². The molecule has 26 heavy (non-hydrogen) atoms. The van der Waals surface area contributed by atoms with Crippen LogP contribution in [-0.4, -0.2) is 40.8 Å². The Morgan fingerprint density at radius 2 is 1.92 bits per heavy atom. The maximum absolute atomic E-state index is 12.6. The highest BCUT2D eigenvalue weighted by Crippen LogP contribution is 2.33. The van der Waals surface area contributed by atoms with E-state index in [1.807, 2.05) is 0 Å². The van der Waals surface area contributed by atoms with Crippen LogP contribution in [0.5, 0.6) is 11.5 Å². The number of ether oxygens (including phenoxy) is 2. The largest absolute Gasteiger partial charge is 0.497 e. The average molecular weight is 376 g/mol. The number of nitrogens with one attached hydrogen (secondary N) is 1. The van der Waals surface area contributed by atoms with Crippen LogP contribution in [0.3, 0.4) is 0 Å². The summed E-state index contributed by atoms with van der Waals surface area (Å²) in [5.41, 5.74) is 1.33. The lowest BCUT2D eigenvalue weighted by atomic mass is 10.2. The molecule has 0 unspecified atom stereocenters. The van der Waals surface area contributed by atoms with Gasteiger partial charge < -0.3 is 14.8 Å². The molecule has 1 aliphatic rings. The van der Waals surface area contributed by atoms with Crippen molar-refractivity contribution in [3.8, 4) is 11.5 Å². The van der Waals surface area contributed by atoms with E-state index < -0.39 is 10.0 Å².